The number of hydrogen-bond donors (Lipinski definition) is 1. The van der Waals surface area contributed by atoms with Crippen LogP contribution >= 0.6 is 0 Å². The molecule has 0 aliphatic carbocycles. The number of nitrogens with one attached hydrogen (secondary N) is 1. The molecule has 2 heterocycles. The van der Waals surface area contributed by atoms with E-state index in [4.69, 9.17) is 9.15 Å². The number of hydrogen-bond acceptors (Lipinski definition) is 6. The summed E-state index contributed by atoms with van der Waals surface area (Å²) in [6, 6.07) is 17.1. The van der Waals surface area contributed by atoms with Gasteiger partial charge in [-0.25, -0.2) is 14.2 Å². The first-order chi connectivity index (χ1) is 17.4. The molecule has 36 heavy (non-hydrogen) atoms. The number of nitrogens with zero attached hydrogens (tertiary/aromatic N) is 2. The molecule has 0 saturated heterocycles. The molecule has 1 amide bonds. The third-order valence-corrected chi connectivity index (χ3v) is 5.67. The number of halogens is 1. The van der Waals surface area contributed by atoms with Gasteiger partial charge in [0.2, 0.25) is 0 Å². The van der Waals surface area contributed by atoms with Crippen molar-refractivity contribution < 1.29 is 18.3 Å². The van der Waals surface area contributed by atoms with Crippen molar-refractivity contribution in [1.29, 1.82) is 0 Å². The first kappa shape index (κ1) is 23.0. The van der Waals surface area contributed by atoms with Crippen LogP contribution in [-0.4, -0.2) is 22.1 Å². The second-order valence-corrected chi connectivity index (χ2v) is 7.99. The molecule has 5 aromatic rings. The number of rotatable bonds is 5. The highest BCUT2D eigenvalue weighted by molar-refractivity contribution is 6.05. The van der Waals surface area contributed by atoms with E-state index in [2.05, 4.69) is 10.3 Å². The highest BCUT2D eigenvalue weighted by atomic mass is 19.1. The molecule has 9 heteroatoms. The molecule has 2 aromatic heterocycles. The van der Waals surface area contributed by atoms with Crippen molar-refractivity contribution in [3.8, 4) is 11.4 Å². The Kier molecular flexibility index (Phi) is 5.81. The van der Waals surface area contributed by atoms with Gasteiger partial charge >= 0.3 is 5.63 Å². The fraction of sp³-hybridized carbons (Fsp3) is 0.111. The van der Waals surface area contributed by atoms with Crippen molar-refractivity contribution in [2.24, 2.45) is 0 Å². The van der Waals surface area contributed by atoms with Crippen LogP contribution in [0.25, 0.3) is 27.6 Å². The number of benzene rings is 3. The van der Waals surface area contributed by atoms with E-state index in [1.54, 1.807) is 56.3 Å². The van der Waals surface area contributed by atoms with E-state index in [-0.39, 0.29) is 22.4 Å². The van der Waals surface area contributed by atoms with Gasteiger partial charge in [0, 0.05) is 5.39 Å². The van der Waals surface area contributed by atoms with Crippen molar-refractivity contribution in [3.05, 3.63) is 105 Å². The largest absolute Gasteiger partial charge is 0.490 e. The molecule has 0 bridgehead atoms. The molecule has 0 atom stereocenters. The molecule has 0 aliphatic heterocycles. The normalized spacial score (nSPS) is 11.1. The Balaban J connectivity index is 1.54. The van der Waals surface area contributed by atoms with Crippen molar-refractivity contribution in [3.63, 3.8) is 0 Å². The van der Waals surface area contributed by atoms with Gasteiger partial charge in [-0.15, -0.1) is 0 Å². The minimum atomic E-state index is -0.894. The van der Waals surface area contributed by atoms with Crippen LogP contribution in [0.4, 0.5) is 10.1 Å². The summed E-state index contributed by atoms with van der Waals surface area (Å²) in [7, 11) is 0. The van der Waals surface area contributed by atoms with E-state index >= 15 is 0 Å². The predicted octanol–water partition coefficient (Wildman–Crippen LogP) is 4.59. The molecule has 0 spiro atoms. The summed E-state index contributed by atoms with van der Waals surface area (Å²) in [6.45, 7) is 3.83. The lowest BCUT2D eigenvalue weighted by Crippen LogP contribution is -2.23. The third kappa shape index (κ3) is 4.00. The van der Waals surface area contributed by atoms with Crippen LogP contribution in [0.3, 0.4) is 0 Å². The van der Waals surface area contributed by atoms with Crippen molar-refractivity contribution in [1.82, 2.24) is 9.55 Å². The zero-order valence-electron chi connectivity index (χ0n) is 19.4. The lowest BCUT2D eigenvalue weighted by molar-refractivity contribution is 0.102. The maximum atomic E-state index is 14.7. The van der Waals surface area contributed by atoms with Crippen LogP contribution in [0.5, 0.6) is 5.75 Å². The van der Waals surface area contributed by atoms with Crippen molar-refractivity contribution in [2.75, 3.05) is 11.9 Å². The molecule has 180 valence electrons. The fourth-order valence-corrected chi connectivity index (χ4v) is 4.03. The van der Waals surface area contributed by atoms with Gasteiger partial charge in [-0.3, -0.25) is 14.2 Å². The van der Waals surface area contributed by atoms with Gasteiger partial charge < -0.3 is 14.5 Å². The number of para-hydroxylation sites is 2. The number of aromatic nitrogens is 2. The Morgan fingerprint density at radius 2 is 1.89 bits per heavy atom. The van der Waals surface area contributed by atoms with Crippen molar-refractivity contribution in [2.45, 2.75) is 13.8 Å². The van der Waals surface area contributed by atoms with E-state index in [0.717, 1.165) is 6.07 Å². The number of carbonyl (C=O) groups is 1. The molecular weight excluding hydrogens is 465 g/mol. The summed E-state index contributed by atoms with van der Waals surface area (Å²) in [5, 5.41) is 3.29. The summed E-state index contributed by atoms with van der Waals surface area (Å²) in [4.78, 5) is 43.1. The maximum absolute atomic E-state index is 14.7. The fourth-order valence-electron chi connectivity index (χ4n) is 4.03. The molecule has 0 fully saturated rings. The monoisotopic (exact) mass is 485 g/mol. The molecule has 8 nitrogen and oxygen atoms in total. The third-order valence-electron chi connectivity index (χ3n) is 5.67. The number of anilines is 1. The number of carbonyl (C=O) groups excluding carboxylic acids is 1. The molecule has 5 rings (SSSR count). The average molecular weight is 485 g/mol. The van der Waals surface area contributed by atoms with Gasteiger partial charge in [0.25, 0.3) is 11.5 Å². The van der Waals surface area contributed by atoms with Gasteiger partial charge in [-0.05, 0) is 56.3 Å². The van der Waals surface area contributed by atoms with Gasteiger partial charge in [0.15, 0.2) is 11.3 Å². The van der Waals surface area contributed by atoms with Crippen LogP contribution in [0.15, 0.2) is 80.7 Å². The Morgan fingerprint density at radius 1 is 1.08 bits per heavy atom. The molecule has 0 unspecified atom stereocenters. The topological polar surface area (TPSA) is 103 Å². The van der Waals surface area contributed by atoms with Crippen molar-refractivity contribution >= 4 is 33.5 Å². The van der Waals surface area contributed by atoms with Gasteiger partial charge in [0.05, 0.1) is 28.9 Å². The quantitative estimate of drug-likeness (QED) is 0.365. The molecule has 0 saturated carbocycles. The smallest absolute Gasteiger partial charge is 0.349 e. The molecule has 1 N–H and O–H groups in total. The van der Waals surface area contributed by atoms with E-state index in [9.17, 15) is 18.8 Å². The summed E-state index contributed by atoms with van der Waals surface area (Å²) in [5.41, 5.74) is -0.674. The minimum Gasteiger partial charge on any atom is -0.490 e. The van der Waals surface area contributed by atoms with Crippen LogP contribution in [0, 0.1) is 12.7 Å². The SMILES string of the molecule is CCOc1cccc2cc(C(=O)Nc3cc(-n4c(C)nc5ccccc5c4=O)ccc3F)c(=O)oc12. The van der Waals surface area contributed by atoms with Gasteiger partial charge in [-0.2, -0.15) is 0 Å². The Hall–Kier alpha value is -4.79. The zero-order valence-corrected chi connectivity index (χ0v) is 19.4. The van der Waals surface area contributed by atoms with Gasteiger partial charge in [-0.1, -0.05) is 24.3 Å². The number of aryl methyl sites for hydroxylation is 1. The first-order valence-electron chi connectivity index (χ1n) is 11.2. The highest BCUT2D eigenvalue weighted by Crippen LogP contribution is 2.26. The number of fused-ring (bicyclic) bond motifs is 2. The minimum absolute atomic E-state index is 0.209. The number of amides is 1. The second kappa shape index (κ2) is 9.10. The molecular formula is C27H20FN3O5. The molecule has 0 radical (unpaired) electrons. The Labute approximate surface area is 203 Å². The van der Waals surface area contributed by atoms with Crippen LogP contribution < -0.4 is 21.2 Å². The summed E-state index contributed by atoms with van der Waals surface area (Å²) >= 11 is 0. The first-order valence-corrected chi connectivity index (χ1v) is 11.2. The highest BCUT2D eigenvalue weighted by Gasteiger charge is 2.18. The van der Waals surface area contributed by atoms with Crippen LogP contribution in [-0.2, 0) is 0 Å². The lowest BCUT2D eigenvalue weighted by atomic mass is 10.1. The molecule has 3 aromatic carbocycles. The maximum Gasteiger partial charge on any atom is 0.349 e. The van der Waals surface area contributed by atoms with Gasteiger partial charge in [0.1, 0.15) is 17.2 Å². The zero-order chi connectivity index (χ0) is 25.4. The Morgan fingerprint density at radius 3 is 2.69 bits per heavy atom. The standard InChI is InChI=1S/C27H20FN3O5/c1-3-35-23-10-6-7-16-13-19(27(34)36-24(16)23)25(32)30-22-14-17(11-12-20(22)28)31-15(2)29-21-9-5-4-8-18(21)26(31)33/h4-14H,3H2,1-2H3,(H,30,32). The van der Waals surface area contributed by atoms with E-state index in [1.165, 1.54) is 22.8 Å². The van der Waals surface area contributed by atoms with E-state index in [1.807, 2.05) is 0 Å². The summed E-state index contributed by atoms with van der Waals surface area (Å²) in [5.74, 6) is -0.829. The second-order valence-electron chi connectivity index (χ2n) is 7.99. The number of ether oxygens (including phenoxy) is 1. The van der Waals surface area contributed by atoms with E-state index < -0.39 is 17.3 Å². The Bertz CT molecular complexity index is 1770. The van der Waals surface area contributed by atoms with E-state index in [0.29, 0.717) is 40.2 Å². The summed E-state index contributed by atoms with van der Waals surface area (Å²) in [6.07, 6.45) is 0. The average Bonchev–Trinajstić information content (AvgIpc) is 2.86. The molecule has 0 aliphatic rings. The lowest BCUT2D eigenvalue weighted by Gasteiger charge is -2.13. The van der Waals surface area contributed by atoms with Crippen LogP contribution in [0.2, 0.25) is 0 Å². The summed E-state index contributed by atoms with van der Waals surface area (Å²) < 4.78 is 26.8. The predicted molar refractivity (Wildman–Crippen MR) is 134 cm³/mol. The van der Waals surface area contributed by atoms with Crippen LogP contribution in [0.1, 0.15) is 23.1 Å².